The fraction of sp³-hybridized carbons (Fsp3) is 0.318. The summed E-state index contributed by atoms with van der Waals surface area (Å²) in [6.07, 6.45) is -15.2. The summed E-state index contributed by atoms with van der Waals surface area (Å²) in [6, 6.07) is 9.15. The van der Waals surface area contributed by atoms with Crippen LogP contribution in [0.2, 0.25) is 0 Å². The first kappa shape index (κ1) is 26.4. The summed E-state index contributed by atoms with van der Waals surface area (Å²) in [5.41, 5.74) is -2.54. The molecule has 1 heterocycles. The molecule has 0 spiro atoms. The summed E-state index contributed by atoms with van der Waals surface area (Å²) in [4.78, 5) is 12.7. The maximum atomic E-state index is 13.7. The third-order valence-corrected chi connectivity index (χ3v) is 5.21. The summed E-state index contributed by atoms with van der Waals surface area (Å²) in [5.74, 6) is -0.0674. The van der Waals surface area contributed by atoms with Crippen LogP contribution in [-0.4, -0.2) is 49.9 Å². The molecule has 0 aromatic heterocycles. The summed E-state index contributed by atoms with van der Waals surface area (Å²) < 4.78 is 91.5. The summed E-state index contributed by atoms with van der Waals surface area (Å²) in [5, 5.41) is 27.2. The highest BCUT2D eigenvalue weighted by atomic mass is 19.4. The number of hydrogen-bond acceptors (Lipinski definition) is 6. The first-order valence-electron chi connectivity index (χ1n) is 10.00. The number of carbonyl (C=O) groups is 1. The lowest BCUT2D eigenvalue weighted by Gasteiger charge is -2.27. The molecule has 2 aromatic carbocycles. The Kier molecular flexibility index (Phi) is 7.22. The minimum absolute atomic E-state index is 0.0503. The number of nitriles is 2. The molecule has 3 rings (SSSR count). The van der Waals surface area contributed by atoms with Crippen LogP contribution >= 0.6 is 0 Å². The number of benzene rings is 2. The molecule has 2 atom stereocenters. The topological polar surface area (TPSA) is 110 Å². The van der Waals surface area contributed by atoms with Crippen LogP contribution < -0.4 is 14.5 Å². The zero-order chi connectivity index (χ0) is 26.8. The molecule has 8 nitrogen and oxygen atoms in total. The Morgan fingerprint density at radius 2 is 1.86 bits per heavy atom. The fourth-order valence-corrected chi connectivity index (χ4v) is 3.50. The Morgan fingerprint density at radius 1 is 1.17 bits per heavy atom. The molecular formula is C22H16F6N4O4. The number of ether oxygens (including phenoxy) is 2. The van der Waals surface area contributed by atoms with Gasteiger partial charge >= 0.3 is 18.4 Å². The van der Waals surface area contributed by atoms with Crippen LogP contribution in [0.3, 0.4) is 0 Å². The highest BCUT2D eigenvalue weighted by molar-refractivity contribution is 5.88. The number of amides is 1. The number of anilines is 2. The number of hydrogen-bond donors (Lipinski definition) is 1. The minimum atomic E-state index is -4.98. The third-order valence-electron chi connectivity index (χ3n) is 5.21. The lowest BCUT2D eigenvalue weighted by Crippen LogP contribution is -2.42. The van der Waals surface area contributed by atoms with Gasteiger partial charge in [0.05, 0.1) is 41.1 Å². The second kappa shape index (κ2) is 9.83. The summed E-state index contributed by atoms with van der Waals surface area (Å²) in [6.45, 7) is -1.04. The molecule has 14 heteroatoms. The van der Waals surface area contributed by atoms with E-state index in [4.69, 9.17) is 20.0 Å². The average molecular weight is 514 g/mol. The zero-order valence-electron chi connectivity index (χ0n) is 18.3. The number of alkyl halides is 6. The van der Waals surface area contributed by atoms with Gasteiger partial charge in [0.25, 0.3) is 0 Å². The Hall–Kier alpha value is -4.17. The molecule has 1 aliphatic rings. The number of halogens is 6. The molecule has 0 aliphatic carbocycles. The molecular weight excluding hydrogens is 498 g/mol. The Balaban J connectivity index is 1.88. The van der Waals surface area contributed by atoms with E-state index in [0.29, 0.717) is 11.0 Å². The van der Waals surface area contributed by atoms with Gasteiger partial charge < -0.3 is 19.5 Å². The van der Waals surface area contributed by atoms with Gasteiger partial charge in [-0.3, -0.25) is 4.90 Å². The number of carboxylic acid groups (broad SMARTS) is 1. The second-order valence-electron chi connectivity index (χ2n) is 7.59. The molecule has 1 saturated heterocycles. The maximum Gasteiger partial charge on any atom is 0.433 e. The predicted molar refractivity (Wildman–Crippen MR) is 111 cm³/mol. The van der Waals surface area contributed by atoms with E-state index >= 15 is 0 Å². The van der Waals surface area contributed by atoms with Crippen molar-refractivity contribution in [2.45, 2.75) is 24.7 Å². The van der Waals surface area contributed by atoms with Crippen LogP contribution in [0.25, 0.3) is 0 Å². The van der Waals surface area contributed by atoms with Gasteiger partial charge in [-0.25, -0.2) is 4.79 Å². The molecule has 0 saturated carbocycles. The number of nitrogens with zero attached hydrogens (tertiary/aromatic N) is 4. The quantitative estimate of drug-likeness (QED) is 0.575. The summed E-state index contributed by atoms with van der Waals surface area (Å²) >= 11 is 0. The number of rotatable bonds is 5. The Bertz CT molecular complexity index is 1240. The SMILES string of the molecule is CN(C(=O)O)c1cc(C#N)ccc1OCC1CN(c2ccc(C#N)c(C(F)(F)F)c2)C(C(F)(F)F)O1. The lowest BCUT2D eigenvalue weighted by molar-refractivity contribution is -0.215. The average Bonchev–Trinajstić information content (AvgIpc) is 3.26. The van der Waals surface area contributed by atoms with Crippen molar-refractivity contribution in [3.63, 3.8) is 0 Å². The molecule has 0 radical (unpaired) electrons. The van der Waals surface area contributed by atoms with Gasteiger partial charge in [0.15, 0.2) is 0 Å². The molecule has 190 valence electrons. The first-order chi connectivity index (χ1) is 16.8. The van der Waals surface area contributed by atoms with E-state index in [1.807, 2.05) is 6.07 Å². The van der Waals surface area contributed by atoms with Crippen molar-refractivity contribution in [1.29, 1.82) is 10.5 Å². The smallest absolute Gasteiger partial charge is 0.433 e. The largest absolute Gasteiger partial charge is 0.489 e. The molecule has 0 bridgehead atoms. The Labute approximate surface area is 200 Å². The first-order valence-corrected chi connectivity index (χ1v) is 10.00. The van der Waals surface area contributed by atoms with Gasteiger partial charge in [0.2, 0.25) is 6.23 Å². The molecule has 1 fully saturated rings. The van der Waals surface area contributed by atoms with Crippen molar-refractivity contribution in [3.8, 4) is 17.9 Å². The minimum Gasteiger partial charge on any atom is -0.489 e. The predicted octanol–water partition coefficient (Wildman–Crippen LogP) is 4.74. The molecule has 1 amide bonds. The van der Waals surface area contributed by atoms with Crippen LogP contribution in [0.1, 0.15) is 16.7 Å². The van der Waals surface area contributed by atoms with Gasteiger partial charge in [0, 0.05) is 12.7 Å². The van der Waals surface area contributed by atoms with Gasteiger partial charge in [-0.05, 0) is 36.4 Å². The van der Waals surface area contributed by atoms with Gasteiger partial charge in [-0.15, -0.1) is 0 Å². The van der Waals surface area contributed by atoms with E-state index in [1.165, 1.54) is 31.3 Å². The van der Waals surface area contributed by atoms with Gasteiger partial charge in [0.1, 0.15) is 18.5 Å². The van der Waals surface area contributed by atoms with Crippen LogP contribution in [0.4, 0.5) is 42.5 Å². The van der Waals surface area contributed by atoms with E-state index < -0.39 is 60.7 Å². The lowest BCUT2D eigenvalue weighted by atomic mass is 10.1. The van der Waals surface area contributed by atoms with Crippen molar-refractivity contribution in [3.05, 3.63) is 53.1 Å². The zero-order valence-corrected chi connectivity index (χ0v) is 18.3. The highest BCUT2D eigenvalue weighted by Crippen LogP contribution is 2.39. The second-order valence-corrected chi connectivity index (χ2v) is 7.59. The van der Waals surface area contributed by atoms with Crippen LogP contribution in [0.15, 0.2) is 36.4 Å². The summed E-state index contributed by atoms with van der Waals surface area (Å²) in [7, 11) is 1.17. The van der Waals surface area contributed by atoms with E-state index in [2.05, 4.69) is 0 Å². The standard InChI is InChI=1S/C22H16F6N4O4/c1-31(20(33)34)17-6-12(8-29)2-5-18(17)35-11-15-10-32(19(36-15)22(26,27)28)14-4-3-13(9-30)16(7-14)21(23,24)25/h2-7,15,19H,10-11H2,1H3,(H,33,34). The molecule has 1 N–H and O–H groups in total. The van der Waals surface area contributed by atoms with E-state index in [0.717, 1.165) is 17.0 Å². The van der Waals surface area contributed by atoms with E-state index in [1.54, 1.807) is 0 Å². The van der Waals surface area contributed by atoms with Crippen molar-refractivity contribution in [1.82, 2.24) is 0 Å². The van der Waals surface area contributed by atoms with Crippen LogP contribution in [-0.2, 0) is 10.9 Å². The normalized spacial score (nSPS) is 17.9. The fourth-order valence-electron chi connectivity index (χ4n) is 3.50. The van der Waals surface area contributed by atoms with Crippen molar-refractivity contribution >= 4 is 17.5 Å². The maximum absolute atomic E-state index is 13.7. The van der Waals surface area contributed by atoms with Crippen LogP contribution in [0, 0.1) is 22.7 Å². The van der Waals surface area contributed by atoms with Crippen molar-refractivity contribution in [2.75, 3.05) is 30.0 Å². The van der Waals surface area contributed by atoms with Gasteiger partial charge in [-0.1, -0.05) is 0 Å². The molecule has 1 aliphatic heterocycles. The van der Waals surface area contributed by atoms with Crippen molar-refractivity contribution in [2.24, 2.45) is 0 Å². The van der Waals surface area contributed by atoms with Crippen molar-refractivity contribution < 1.29 is 45.7 Å². The molecule has 2 unspecified atom stereocenters. The highest BCUT2D eigenvalue weighted by Gasteiger charge is 2.51. The van der Waals surface area contributed by atoms with E-state index in [9.17, 15) is 36.2 Å². The molecule has 36 heavy (non-hydrogen) atoms. The monoisotopic (exact) mass is 514 g/mol. The third kappa shape index (κ3) is 5.55. The molecule has 2 aromatic rings. The van der Waals surface area contributed by atoms with Gasteiger partial charge in [-0.2, -0.15) is 36.9 Å². The Morgan fingerprint density at radius 3 is 2.42 bits per heavy atom. The van der Waals surface area contributed by atoms with E-state index in [-0.39, 0.29) is 17.0 Å². The van der Waals surface area contributed by atoms with Crippen LogP contribution in [0.5, 0.6) is 5.75 Å².